The Morgan fingerprint density at radius 2 is 1.68 bits per heavy atom. The number of amides is 1. The highest BCUT2D eigenvalue weighted by molar-refractivity contribution is 5.93. The van der Waals surface area contributed by atoms with Gasteiger partial charge in [-0.15, -0.1) is 5.11 Å². The van der Waals surface area contributed by atoms with Crippen LogP contribution in [0.2, 0.25) is 0 Å². The molecular weight excluding hydrogens is 468 g/mol. The van der Waals surface area contributed by atoms with Gasteiger partial charge in [-0.2, -0.15) is 5.01 Å². The molecule has 4 atom stereocenters. The van der Waals surface area contributed by atoms with E-state index >= 15 is 0 Å². The summed E-state index contributed by atoms with van der Waals surface area (Å²) < 4.78 is 1.89. The predicted molar refractivity (Wildman–Crippen MR) is 141 cm³/mol. The molecule has 0 radical (unpaired) electrons. The first kappa shape index (κ1) is 24.5. The van der Waals surface area contributed by atoms with E-state index in [2.05, 4.69) is 31.1 Å². The summed E-state index contributed by atoms with van der Waals surface area (Å²) in [6, 6.07) is 9.51. The topological polar surface area (TPSA) is 107 Å². The van der Waals surface area contributed by atoms with Crippen LogP contribution in [0.4, 0.5) is 0 Å². The second-order valence-corrected chi connectivity index (χ2v) is 11.2. The number of nitrogens with one attached hydrogen (secondary N) is 2. The number of aromatic nitrogens is 2. The Labute approximate surface area is 217 Å². The number of likely N-dealkylation sites (N-methyl/N-ethyl adjacent to an activating group) is 1. The minimum Gasteiger partial charge on any atom is -0.347 e. The number of carbonyl (C=O) groups is 1. The van der Waals surface area contributed by atoms with Crippen molar-refractivity contribution in [3.63, 3.8) is 0 Å². The third kappa shape index (κ3) is 4.77. The normalized spacial score (nSPS) is 29.2. The zero-order valence-corrected chi connectivity index (χ0v) is 21.7. The van der Waals surface area contributed by atoms with E-state index < -0.39 is 5.91 Å². The van der Waals surface area contributed by atoms with Gasteiger partial charge in [0.25, 0.3) is 11.5 Å². The van der Waals surface area contributed by atoms with Gasteiger partial charge >= 0.3 is 0 Å². The van der Waals surface area contributed by atoms with E-state index in [1.54, 1.807) is 12.1 Å². The first-order chi connectivity index (χ1) is 18.1. The molecule has 10 nitrogen and oxygen atoms in total. The Balaban J connectivity index is 1.27. The average Bonchev–Trinajstić information content (AvgIpc) is 3.40. The molecule has 2 aromatic rings. The first-order valence-electron chi connectivity index (χ1n) is 14.1. The van der Waals surface area contributed by atoms with Crippen molar-refractivity contribution in [3.05, 3.63) is 40.3 Å². The molecule has 1 aromatic carbocycles. The molecule has 3 fully saturated rings. The van der Waals surface area contributed by atoms with Gasteiger partial charge in [0, 0.05) is 31.2 Å². The molecule has 198 valence electrons. The fourth-order valence-corrected chi connectivity index (χ4v) is 7.14. The lowest BCUT2D eigenvalue weighted by molar-refractivity contribution is 0.0497. The molecule has 4 aliphatic rings. The van der Waals surface area contributed by atoms with Crippen LogP contribution in [0, 0.1) is 0 Å². The van der Waals surface area contributed by atoms with E-state index in [4.69, 9.17) is 0 Å². The highest BCUT2D eigenvalue weighted by Crippen LogP contribution is 2.44. The summed E-state index contributed by atoms with van der Waals surface area (Å²) in [6.45, 7) is 0.240. The number of benzene rings is 1. The number of carbonyl (C=O) groups excluding carboxylic acids is 1. The fourth-order valence-electron chi connectivity index (χ4n) is 7.14. The number of nitrogens with zero attached hydrogens (tertiary/aromatic N) is 6. The van der Waals surface area contributed by atoms with Gasteiger partial charge in [-0.05, 0) is 50.7 Å². The quantitative estimate of drug-likeness (QED) is 0.642. The summed E-state index contributed by atoms with van der Waals surface area (Å²) in [5.74, 6) is -0.463. The molecule has 2 bridgehead atoms. The van der Waals surface area contributed by atoms with Gasteiger partial charge in [-0.3, -0.25) is 14.5 Å². The van der Waals surface area contributed by atoms with E-state index in [0.717, 1.165) is 18.4 Å². The van der Waals surface area contributed by atoms with Crippen LogP contribution < -0.4 is 16.4 Å². The zero-order valence-electron chi connectivity index (χ0n) is 21.7. The predicted octanol–water partition coefficient (Wildman–Crippen LogP) is 3.55. The number of hydrogen-bond donors (Lipinski definition) is 2. The average molecular weight is 507 g/mol. The first-order valence-corrected chi connectivity index (χ1v) is 14.1. The Hall–Kier alpha value is -2.85. The van der Waals surface area contributed by atoms with E-state index in [-0.39, 0.29) is 30.0 Å². The maximum absolute atomic E-state index is 13.8. The lowest BCUT2D eigenvalue weighted by atomic mass is 9.89. The van der Waals surface area contributed by atoms with Crippen molar-refractivity contribution in [2.75, 3.05) is 13.6 Å². The summed E-state index contributed by atoms with van der Waals surface area (Å²) in [4.78, 5) is 34.4. The molecule has 6 rings (SSSR count). The van der Waals surface area contributed by atoms with E-state index in [9.17, 15) is 9.59 Å². The molecule has 1 aliphatic carbocycles. The maximum Gasteiger partial charge on any atom is 0.282 e. The summed E-state index contributed by atoms with van der Waals surface area (Å²) in [5, 5.41) is 12.3. The third-order valence-corrected chi connectivity index (χ3v) is 8.92. The van der Waals surface area contributed by atoms with E-state index in [1.807, 2.05) is 28.8 Å². The molecule has 2 N–H and O–H groups in total. The largest absolute Gasteiger partial charge is 0.347 e. The highest BCUT2D eigenvalue weighted by atomic mass is 16.2. The Morgan fingerprint density at radius 3 is 2.38 bits per heavy atom. The van der Waals surface area contributed by atoms with Crippen molar-refractivity contribution in [2.24, 2.45) is 10.3 Å². The summed E-state index contributed by atoms with van der Waals surface area (Å²) >= 11 is 0. The van der Waals surface area contributed by atoms with Crippen LogP contribution in [0.25, 0.3) is 11.0 Å². The molecule has 10 heteroatoms. The molecule has 1 unspecified atom stereocenters. The molecule has 2 saturated heterocycles. The van der Waals surface area contributed by atoms with Crippen molar-refractivity contribution < 1.29 is 4.79 Å². The number of hydrazine groups is 1. The van der Waals surface area contributed by atoms with Gasteiger partial charge in [0.05, 0.1) is 17.6 Å². The molecule has 37 heavy (non-hydrogen) atoms. The lowest BCUT2D eigenvalue weighted by Gasteiger charge is -2.45. The monoisotopic (exact) mass is 506 g/mol. The molecule has 1 saturated carbocycles. The number of hydrogen-bond acceptors (Lipinski definition) is 8. The van der Waals surface area contributed by atoms with Crippen molar-refractivity contribution in [3.8, 4) is 0 Å². The van der Waals surface area contributed by atoms with Crippen LogP contribution in [0.3, 0.4) is 0 Å². The van der Waals surface area contributed by atoms with Crippen molar-refractivity contribution in [1.29, 1.82) is 0 Å². The van der Waals surface area contributed by atoms with Crippen LogP contribution in [0.5, 0.6) is 0 Å². The van der Waals surface area contributed by atoms with Gasteiger partial charge in [-0.1, -0.05) is 49.5 Å². The number of rotatable bonds is 5. The molecular formula is C27H38N8O2. The van der Waals surface area contributed by atoms with Gasteiger partial charge in [0.1, 0.15) is 0 Å². The summed E-state index contributed by atoms with van der Waals surface area (Å²) in [6.07, 6.45) is 13.4. The van der Waals surface area contributed by atoms with Crippen molar-refractivity contribution in [2.45, 2.75) is 101 Å². The Bertz CT molecular complexity index is 1210. The summed E-state index contributed by atoms with van der Waals surface area (Å²) in [7, 11) is 1.80. The number of piperidine rings is 1. The second-order valence-electron chi connectivity index (χ2n) is 11.2. The number of fused-ring (bicyclic) bond motifs is 3. The smallest absolute Gasteiger partial charge is 0.282 e. The Morgan fingerprint density at radius 1 is 0.973 bits per heavy atom. The standard InChI is InChI=1S/C27H38N8O2/c1-33-24(30-31-32-33)17-28-26(36)25-27(37)35(23-12-8-7-11-22(23)29-25)21-15-19-13-14-20(16-21)34(19)18-9-5-3-2-4-6-10-18/h7-8,11-12,18-21,24H,2-6,9-10,13-17H2,1H3,(H,28,36)(H,30,32)/t19-,20+,21+,24?. The van der Waals surface area contributed by atoms with Gasteiger partial charge < -0.3 is 9.88 Å². The molecule has 1 amide bonds. The Kier molecular flexibility index (Phi) is 6.94. The van der Waals surface area contributed by atoms with E-state index in [1.165, 1.54) is 57.8 Å². The SMILES string of the molecule is CN1NN=NC1CNC(=O)c1nc2ccccc2n([C@H]2C[C@H]3CC[C@@H](C2)N3C2CCCCCCC2)c1=O. The van der Waals surface area contributed by atoms with Crippen LogP contribution in [0.15, 0.2) is 39.4 Å². The van der Waals surface area contributed by atoms with Crippen LogP contribution in [-0.2, 0) is 0 Å². The second kappa shape index (κ2) is 10.5. The molecule has 3 aliphatic heterocycles. The van der Waals surface area contributed by atoms with E-state index in [0.29, 0.717) is 23.6 Å². The zero-order chi connectivity index (χ0) is 25.4. The van der Waals surface area contributed by atoms with Gasteiger partial charge in [0.2, 0.25) is 0 Å². The molecule has 0 spiro atoms. The minimum atomic E-state index is -0.463. The molecule has 1 aromatic heterocycles. The highest BCUT2D eigenvalue weighted by Gasteiger charge is 2.44. The minimum absolute atomic E-state index is 0.0426. The van der Waals surface area contributed by atoms with Gasteiger partial charge in [0.15, 0.2) is 11.9 Å². The maximum atomic E-state index is 13.8. The van der Waals surface area contributed by atoms with Crippen molar-refractivity contribution in [1.82, 2.24) is 30.3 Å². The van der Waals surface area contributed by atoms with Gasteiger partial charge in [-0.25, -0.2) is 10.5 Å². The molecule has 4 heterocycles. The van der Waals surface area contributed by atoms with Crippen molar-refractivity contribution >= 4 is 16.9 Å². The third-order valence-electron chi connectivity index (χ3n) is 8.92. The van der Waals surface area contributed by atoms with Crippen LogP contribution in [-0.4, -0.2) is 63.3 Å². The van der Waals surface area contributed by atoms with Crippen LogP contribution in [0.1, 0.15) is 87.2 Å². The van der Waals surface area contributed by atoms with Crippen LogP contribution >= 0.6 is 0 Å². The number of para-hydroxylation sites is 2. The lowest BCUT2D eigenvalue weighted by Crippen LogP contribution is -2.50. The summed E-state index contributed by atoms with van der Waals surface area (Å²) in [5.41, 5.74) is 3.89. The fraction of sp³-hybridized carbons (Fsp3) is 0.667.